The molecule has 1 aliphatic heterocycles. The second kappa shape index (κ2) is 6.43. The molecule has 0 unspecified atom stereocenters. The minimum atomic E-state index is -3.18. The van der Waals surface area contributed by atoms with Gasteiger partial charge in [-0.25, -0.2) is 12.7 Å². The number of nitrogens with zero attached hydrogens (tertiary/aromatic N) is 2. The number of carbonyl (C=O) groups is 1. The normalized spacial score (nSPS) is 18.1. The van der Waals surface area contributed by atoms with Gasteiger partial charge in [-0.3, -0.25) is 4.79 Å². The molecule has 20 heavy (non-hydrogen) atoms. The maximum atomic E-state index is 12.4. The average Bonchev–Trinajstić information content (AvgIpc) is 2.58. The van der Waals surface area contributed by atoms with Gasteiger partial charge < -0.3 is 4.90 Å². The number of hydrogen-bond acceptors (Lipinski definition) is 4. The van der Waals surface area contributed by atoms with Gasteiger partial charge in [-0.15, -0.1) is 11.3 Å². The van der Waals surface area contributed by atoms with E-state index in [9.17, 15) is 13.2 Å². The Morgan fingerprint density at radius 2 is 1.95 bits per heavy atom. The van der Waals surface area contributed by atoms with Gasteiger partial charge in [0.05, 0.1) is 14.9 Å². The highest BCUT2D eigenvalue weighted by Gasteiger charge is 2.25. The summed E-state index contributed by atoms with van der Waals surface area (Å²) < 4.78 is 26.3. The van der Waals surface area contributed by atoms with Crippen LogP contribution in [-0.2, 0) is 10.0 Å². The minimum Gasteiger partial charge on any atom is -0.337 e. The summed E-state index contributed by atoms with van der Waals surface area (Å²) in [6.07, 6.45) is 1.87. The summed E-state index contributed by atoms with van der Waals surface area (Å²) in [4.78, 5) is 14.8. The van der Waals surface area contributed by atoms with E-state index in [-0.39, 0.29) is 5.91 Å². The van der Waals surface area contributed by atoms with Crippen molar-refractivity contribution in [3.63, 3.8) is 0 Å². The van der Waals surface area contributed by atoms with Gasteiger partial charge in [0.25, 0.3) is 5.91 Å². The molecule has 1 amide bonds. The van der Waals surface area contributed by atoms with E-state index in [2.05, 4.69) is 31.9 Å². The first kappa shape index (κ1) is 16.4. The monoisotopic (exact) mass is 444 g/mol. The quantitative estimate of drug-likeness (QED) is 0.702. The van der Waals surface area contributed by atoms with Crippen LogP contribution < -0.4 is 0 Å². The van der Waals surface area contributed by atoms with E-state index in [1.54, 1.807) is 11.0 Å². The molecule has 0 atom stereocenters. The number of amides is 1. The molecule has 5 nitrogen and oxygen atoms in total. The molecule has 2 heterocycles. The third-order valence-corrected chi connectivity index (χ3v) is 7.61. The van der Waals surface area contributed by atoms with Gasteiger partial charge in [0, 0.05) is 30.7 Å². The molecule has 1 aromatic rings. The van der Waals surface area contributed by atoms with E-state index in [0.717, 1.165) is 8.26 Å². The standard InChI is InChI=1S/C11H14Br2N2O3S2/c1-20(17,18)15-4-2-3-14(5-6-15)11(16)9-7-8(12)10(13)19-9/h7H,2-6H2,1H3. The molecular formula is C11H14Br2N2O3S2. The summed E-state index contributed by atoms with van der Waals surface area (Å²) in [6.45, 7) is 1.84. The van der Waals surface area contributed by atoms with Crippen LogP contribution in [0.1, 0.15) is 16.1 Å². The largest absolute Gasteiger partial charge is 0.337 e. The van der Waals surface area contributed by atoms with Crippen molar-refractivity contribution in [2.75, 3.05) is 32.4 Å². The van der Waals surface area contributed by atoms with Crippen molar-refractivity contribution in [3.05, 3.63) is 19.2 Å². The molecule has 1 saturated heterocycles. The molecule has 0 aliphatic carbocycles. The van der Waals surface area contributed by atoms with E-state index in [0.29, 0.717) is 37.5 Å². The number of sulfonamides is 1. The second-order valence-electron chi connectivity index (χ2n) is 4.54. The molecular weight excluding hydrogens is 432 g/mol. The lowest BCUT2D eigenvalue weighted by Gasteiger charge is -2.20. The number of halogens is 2. The average molecular weight is 446 g/mol. The molecule has 112 valence electrons. The molecule has 0 saturated carbocycles. The molecule has 0 N–H and O–H groups in total. The summed E-state index contributed by atoms with van der Waals surface area (Å²) in [5.41, 5.74) is 0. The molecule has 1 aliphatic rings. The van der Waals surface area contributed by atoms with Crippen LogP contribution in [-0.4, -0.2) is 56.0 Å². The molecule has 0 aromatic carbocycles. The summed E-state index contributed by atoms with van der Waals surface area (Å²) in [7, 11) is -3.18. The molecule has 1 aromatic heterocycles. The second-order valence-corrected chi connectivity index (χ2v) is 9.75. The topological polar surface area (TPSA) is 57.7 Å². The predicted octanol–water partition coefficient (Wildman–Crippen LogP) is 2.38. The smallest absolute Gasteiger partial charge is 0.264 e. The van der Waals surface area contributed by atoms with Crippen LogP contribution in [0.3, 0.4) is 0 Å². The Balaban J connectivity index is 2.09. The van der Waals surface area contributed by atoms with E-state index in [1.165, 1.54) is 21.9 Å². The van der Waals surface area contributed by atoms with E-state index < -0.39 is 10.0 Å². The SMILES string of the molecule is CS(=O)(=O)N1CCCN(C(=O)c2cc(Br)c(Br)s2)CC1. The highest BCUT2D eigenvalue weighted by Crippen LogP contribution is 2.33. The first-order chi connectivity index (χ1) is 9.29. The fourth-order valence-electron chi connectivity index (χ4n) is 2.04. The maximum Gasteiger partial charge on any atom is 0.264 e. The first-order valence-corrected chi connectivity index (χ1v) is 10.2. The van der Waals surface area contributed by atoms with Crippen LogP contribution in [0.25, 0.3) is 0 Å². The van der Waals surface area contributed by atoms with Crippen molar-refractivity contribution >= 4 is 59.1 Å². The lowest BCUT2D eigenvalue weighted by molar-refractivity contribution is 0.0769. The van der Waals surface area contributed by atoms with Crippen molar-refractivity contribution < 1.29 is 13.2 Å². The molecule has 1 fully saturated rings. The van der Waals surface area contributed by atoms with E-state index in [4.69, 9.17) is 0 Å². The van der Waals surface area contributed by atoms with Crippen molar-refractivity contribution in [3.8, 4) is 0 Å². The number of thiophene rings is 1. The fourth-order valence-corrected chi connectivity index (χ4v) is 4.91. The van der Waals surface area contributed by atoms with Gasteiger partial charge in [0.15, 0.2) is 0 Å². The van der Waals surface area contributed by atoms with Gasteiger partial charge in [0.1, 0.15) is 0 Å². The third kappa shape index (κ3) is 3.82. The summed E-state index contributed by atoms with van der Waals surface area (Å²) in [5.74, 6) is -0.0447. The summed E-state index contributed by atoms with van der Waals surface area (Å²) in [6, 6.07) is 1.79. The highest BCUT2D eigenvalue weighted by molar-refractivity contribution is 9.13. The van der Waals surface area contributed by atoms with Gasteiger partial charge >= 0.3 is 0 Å². The summed E-state index contributed by atoms with van der Waals surface area (Å²) >= 11 is 8.11. The maximum absolute atomic E-state index is 12.4. The highest BCUT2D eigenvalue weighted by atomic mass is 79.9. The Hall–Kier alpha value is 0.0400. The van der Waals surface area contributed by atoms with Gasteiger partial charge in [-0.1, -0.05) is 0 Å². The van der Waals surface area contributed by atoms with Crippen LogP contribution in [0.4, 0.5) is 0 Å². The van der Waals surface area contributed by atoms with Crippen LogP contribution in [0, 0.1) is 0 Å². The number of hydrogen-bond donors (Lipinski definition) is 0. The van der Waals surface area contributed by atoms with E-state index in [1.807, 2.05) is 0 Å². The molecule has 0 spiro atoms. The van der Waals surface area contributed by atoms with Crippen molar-refractivity contribution in [1.82, 2.24) is 9.21 Å². The zero-order chi connectivity index (χ0) is 14.9. The third-order valence-electron chi connectivity index (χ3n) is 3.07. The van der Waals surface area contributed by atoms with Crippen molar-refractivity contribution in [1.29, 1.82) is 0 Å². The molecule has 2 rings (SSSR count). The summed E-state index contributed by atoms with van der Waals surface area (Å²) in [5, 5.41) is 0. The Kier molecular flexibility index (Phi) is 5.28. The Labute approximate surface area is 139 Å². The predicted molar refractivity (Wildman–Crippen MR) is 86.7 cm³/mol. The minimum absolute atomic E-state index is 0.0447. The van der Waals surface area contributed by atoms with E-state index >= 15 is 0 Å². The molecule has 0 radical (unpaired) electrons. The number of carbonyl (C=O) groups excluding carboxylic acids is 1. The Bertz CT molecular complexity index is 596. The van der Waals surface area contributed by atoms with Gasteiger partial charge in [-0.05, 0) is 44.3 Å². The van der Waals surface area contributed by atoms with Gasteiger partial charge in [-0.2, -0.15) is 0 Å². The van der Waals surface area contributed by atoms with Crippen LogP contribution >= 0.6 is 43.2 Å². The molecule has 9 heteroatoms. The zero-order valence-electron chi connectivity index (χ0n) is 10.8. The first-order valence-electron chi connectivity index (χ1n) is 5.98. The van der Waals surface area contributed by atoms with Crippen LogP contribution in [0.15, 0.2) is 14.3 Å². The Morgan fingerprint density at radius 3 is 2.50 bits per heavy atom. The van der Waals surface area contributed by atoms with Gasteiger partial charge in [0.2, 0.25) is 10.0 Å². The zero-order valence-corrected chi connectivity index (χ0v) is 15.6. The lowest BCUT2D eigenvalue weighted by Crippen LogP contribution is -2.36. The van der Waals surface area contributed by atoms with Crippen molar-refractivity contribution in [2.45, 2.75) is 6.42 Å². The number of rotatable bonds is 2. The van der Waals surface area contributed by atoms with Crippen LogP contribution in [0.2, 0.25) is 0 Å². The van der Waals surface area contributed by atoms with Crippen molar-refractivity contribution in [2.24, 2.45) is 0 Å². The Morgan fingerprint density at radius 1 is 1.25 bits per heavy atom. The fraction of sp³-hybridized carbons (Fsp3) is 0.545. The van der Waals surface area contributed by atoms with Crippen LogP contribution in [0.5, 0.6) is 0 Å². The molecule has 0 bridgehead atoms. The lowest BCUT2D eigenvalue weighted by atomic mass is 10.3.